The normalized spacial score (nSPS) is 11.5. The van der Waals surface area contributed by atoms with Gasteiger partial charge in [0.25, 0.3) is 0 Å². The SMILES string of the molecule is c1ccc(-c2c(-c3ccccc3)c3cc(N(c4ccc(-c5ccc(-c6cccc7ccccc67)cc5)cc4)c4cc5ccccc5c5ccccc45)ccc3c3ccccc23)cc1. The van der Waals surface area contributed by atoms with Gasteiger partial charge in [-0.25, -0.2) is 0 Å². The van der Waals surface area contributed by atoms with Crippen molar-refractivity contribution < 1.29 is 0 Å². The van der Waals surface area contributed by atoms with Crippen LogP contribution in [0.1, 0.15) is 0 Å². The van der Waals surface area contributed by atoms with Gasteiger partial charge in [-0.3, -0.25) is 0 Å². The fraction of sp³-hybridized carbons (Fsp3) is 0. The van der Waals surface area contributed by atoms with E-state index in [2.05, 4.69) is 254 Å². The van der Waals surface area contributed by atoms with E-state index in [1.807, 2.05) is 0 Å². The van der Waals surface area contributed by atoms with Gasteiger partial charge in [-0.15, -0.1) is 0 Å². The molecule has 12 aromatic carbocycles. The molecule has 0 unspecified atom stereocenters. The van der Waals surface area contributed by atoms with E-state index in [1.54, 1.807) is 0 Å². The summed E-state index contributed by atoms with van der Waals surface area (Å²) in [6.45, 7) is 0. The zero-order valence-electron chi connectivity index (χ0n) is 34.6. The molecule has 0 atom stereocenters. The Morgan fingerprint density at radius 1 is 0.222 bits per heavy atom. The van der Waals surface area contributed by atoms with Crippen LogP contribution in [0.3, 0.4) is 0 Å². The van der Waals surface area contributed by atoms with Crippen LogP contribution in [0.2, 0.25) is 0 Å². The van der Waals surface area contributed by atoms with E-state index in [-0.39, 0.29) is 0 Å². The molecule has 63 heavy (non-hydrogen) atoms. The van der Waals surface area contributed by atoms with Gasteiger partial charge in [-0.1, -0.05) is 218 Å². The third kappa shape index (κ3) is 6.33. The zero-order valence-corrected chi connectivity index (χ0v) is 34.6. The zero-order chi connectivity index (χ0) is 41.7. The van der Waals surface area contributed by atoms with Gasteiger partial charge in [0.2, 0.25) is 0 Å². The van der Waals surface area contributed by atoms with Gasteiger partial charge in [0.05, 0.1) is 5.69 Å². The lowest BCUT2D eigenvalue weighted by Gasteiger charge is -2.29. The summed E-state index contributed by atoms with van der Waals surface area (Å²) in [4.78, 5) is 2.47. The molecule has 0 spiro atoms. The molecule has 0 N–H and O–H groups in total. The van der Waals surface area contributed by atoms with Crippen molar-refractivity contribution in [3.8, 4) is 44.5 Å². The molecule has 0 radical (unpaired) electrons. The fourth-order valence-corrected chi connectivity index (χ4v) is 9.90. The summed E-state index contributed by atoms with van der Waals surface area (Å²) in [7, 11) is 0. The summed E-state index contributed by atoms with van der Waals surface area (Å²) in [5.74, 6) is 0. The van der Waals surface area contributed by atoms with Crippen LogP contribution in [0.15, 0.2) is 249 Å². The Labute approximate surface area is 367 Å². The average Bonchev–Trinajstić information content (AvgIpc) is 3.36. The van der Waals surface area contributed by atoms with E-state index in [4.69, 9.17) is 0 Å². The van der Waals surface area contributed by atoms with Gasteiger partial charge in [0.15, 0.2) is 0 Å². The van der Waals surface area contributed by atoms with Crippen molar-refractivity contribution in [1.29, 1.82) is 0 Å². The average molecular weight is 800 g/mol. The van der Waals surface area contributed by atoms with Gasteiger partial charge in [-0.05, 0) is 123 Å². The lowest BCUT2D eigenvalue weighted by molar-refractivity contribution is 1.31. The summed E-state index contributed by atoms with van der Waals surface area (Å²) in [5.41, 5.74) is 13.1. The van der Waals surface area contributed by atoms with Crippen LogP contribution < -0.4 is 4.90 Å². The first kappa shape index (κ1) is 36.6. The van der Waals surface area contributed by atoms with Crippen molar-refractivity contribution in [2.45, 2.75) is 0 Å². The van der Waals surface area contributed by atoms with E-state index in [1.165, 1.54) is 98.4 Å². The fourth-order valence-electron chi connectivity index (χ4n) is 9.90. The minimum atomic E-state index is 1.09. The summed E-state index contributed by atoms with van der Waals surface area (Å²) in [5, 5.41) is 12.4. The number of hydrogen-bond donors (Lipinski definition) is 0. The highest BCUT2D eigenvalue weighted by molar-refractivity contribution is 6.22. The van der Waals surface area contributed by atoms with Crippen molar-refractivity contribution >= 4 is 70.9 Å². The van der Waals surface area contributed by atoms with Crippen molar-refractivity contribution in [1.82, 2.24) is 0 Å². The number of benzene rings is 12. The number of hydrogen-bond acceptors (Lipinski definition) is 1. The molecule has 0 aromatic heterocycles. The molecule has 1 nitrogen and oxygen atoms in total. The number of nitrogens with zero attached hydrogens (tertiary/aromatic N) is 1. The third-order valence-electron chi connectivity index (χ3n) is 12.8. The Morgan fingerprint density at radius 3 is 1.37 bits per heavy atom. The first-order chi connectivity index (χ1) is 31.3. The smallest absolute Gasteiger partial charge is 0.0546 e. The third-order valence-corrected chi connectivity index (χ3v) is 12.8. The van der Waals surface area contributed by atoms with Gasteiger partial charge in [0, 0.05) is 16.8 Å². The number of anilines is 3. The Bertz CT molecular complexity index is 3640. The molecule has 12 rings (SSSR count). The largest absolute Gasteiger partial charge is 0.310 e. The highest BCUT2D eigenvalue weighted by atomic mass is 15.1. The molecular weight excluding hydrogens is 759 g/mol. The van der Waals surface area contributed by atoms with Crippen LogP contribution in [0.5, 0.6) is 0 Å². The monoisotopic (exact) mass is 799 g/mol. The van der Waals surface area contributed by atoms with E-state index in [0.717, 1.165) is 17.1 Å². The second-order valence-corrected chi connectivity index (χ2v) is 16.4. The topological polar surface area (TPSA) is 3.24 Å². The predicted octanol–water partition coefficient (Wildman–Crippen LogP) is 17.6. The maximum atomic E-state index is 2.47. The van der Waals surface area contributed by atoms with Crippen molar-refractivity contribution in [3.05, 3.63) is 249 Å². The Kier molecular flexibility index (Phi) is 8.90. The predicted molar refractivity (Wildman–Crippen MR) is 270 cm³/mol. The second kappa shape index (κ2) is 15.3. The lowest BCUT2D eigenvalue weighted by Crippen LogP contribution is -2.11. The summed E-state index contributed by atoms with van der Waals surface area (Å²) >= 11 is 0. The Hall–Kier alpha value is -8.26. The molecule has 0 saturated heterocycles. The molecule has 1 heteroatoms. The second-order valence-electron chi connectivity index (χ2n) is 16.4. The maximum Gasteiger partial charge on any atom is 0.0546 e. The quantitative estimate of drug-likeness (QED) is 0.145. The summed E-state index contributed by atoms with van der Waals surface area (Å²) < 4.78 is 0. The van der Waals surface area contributed by atoms with Crippen LogP contribution >= 0.6 is 0 Å². The van der Waals surface area contributed by atoms with E-state index < -0.39 is 0 Å². The van der Waals surface area contributed by atoms with Gasteiger partial charge < -0.3 is 4.90 Å². The van der Waals surface area contributed by atoms with Crippen LogP contribution in [0.4, 0.5) is 17.1 Å². The maximum absolute atomic E-state index is 2.47. The van der Waals surface area contributed by atoms with Gasteiger partial charge in [-0.2, -0.15) is 0 Å². The van der Waals surface area contributed by atoms with E-state index >= 15 is 0 Å². The van der Waals surface area contributed by atoms with Gasteiger partial charge in [0.1, 0.15) is 0 Å². The highest BCUT2D eigenvalue weighted by Crippen LogP contribution is 2.48. The molecule has 0 amide bonds. The van der Waals surface area contributed by atoms with Crippen LogP contribution in [0.25, 0.3) is 98.4 Å². The molecule has 0 fully saturated rings. The molecule has 294 valence electrons. The minimum Gasteiger partial charge on any atom is -0.310 e. The van der Waals surface area contributed by atoms with E-state index in [0.29, 0.717) is 0 Å². The molecule has 0 heterocycles. The highest BCUT2D eigenvalue weighted by Gasteiger charge is 2.22. The Balaban J connectivity index is 1.07. The number of rotatable bonds is 7. The molecule has 0 aliphatic heterocycles. The molecule has 0 bridgehead atoms. The molecule has 0 saturated carbocycles. The summed E-state index contributed by atoms with van der Waals surface area (Å²) in [6.07, 6.45) is 0. The van der Waals surface area contributed by atoms with Crippen LogP contribution in [-0.2, 0) is 0 Å². The lowest BCUT2D eigenvalue weighted by atomic mass is 9.85. The number of fused-ring (bicyclic) bond motifs is 7. The molecule has 0 aliphatic rings. The molecule has 0 aliphatic carbocycles. The molecule has 12 aromatic rings. The minimum absolute atomic E-state index is 1.09. The van der Waals surface area contributed by atoms with Crippen LogP contribution in [-0.4, -0.2) is 0 Å². The first-order valence-corrected chi connectivity index (χ1v) is 21.8. The first-order valence-electron chi connectivity index (χ1n) is 21.8. The van der Waals surface area contributed by atoms with Gasteiger partial charge >= 0.3 is 0 Å². The van der Waals surface area contributed by atoms with E-state index in [9.17, 15) is 0 Å². The molecular formula is C62H41N. The summed E-state index contributed by atoms with van der Waals surface area (Å²) in [6, 6.07) is 91.1. The standard InChI is InChI=1S/C62H41N/c1-3-17-46(18-4-1)61-58-28-14-12-26-55(58)56-39-38-50(41-59(56)62(61)47-19-5-2-6-20-47)63(60-40-48-21-8-10-24-53(48)54-25-11-13-27-57(54)60)49-36-34-43(35-37-49)42-30-32-45(33-31-42)52-29-15-22-44-16-7-9-23-51(44)52/h1-41H. The van der Waals surface area contributed by atoms with Crippen LogP contribution in [0, 0.1) is 0 Å². The van der Waals surface area contributed by atoms with Crippen molar-refractivity contribution in [2.75, 3.05) is 4.90 Å². The Morgan fingerprint density at radius 2 is 0.683 bits per heavy atom. The van der Waals surface area contributed by atoms with Crippen molar-refractivity contribution in [2.24, 2.45) is 0 Å². The van der Waals surface area contributed by atoms with Crippen molar-refractivity contribution in [3.63, 3.8) is 0 Å².